The Morgan fingerprint density at radius 3 is 3.00 bits per heavy atom. The van der Waals surface area contributed by atoms with Crippen LogP contribution in [0.2, 0.25) is 0 Å². The summed E-state index contributed by atoms with van der Waals surface area (Å²) >= 11 is 0. The van der Waals surface area contributed by atoms with E-state index >= 15 is 0 Å². The van der Waals surface area contributed by atoms with Gasteiger partial charge < -0.3 is 10.4 Å². The highest BCUT2D eigenvalue weighted by Gasteiger charge is 2.22. The van der Waals surface area contributed by atoms with Crippen molar-refractivity contribution in [2.45, 2.75) is 39.2 Å². The van der Waals surface area contributed by atoms with Crippen LogP contribution in [0.25, 0.3) is 0 Å². The zero-order valence-electron chi connectivity index (χ0n) is 10.2. The maximum Gasteiger partial charge on any atom is 0.0835 e. The van der Waals surface area contributed by atoms with Crippen molar-refractivity contribution in [2.24, 2.45) is 5.92 Å². The average molecular weight is 219 g/mol. The molecule has 0 bridgehead atoms. The van der Waals surface area contributed by atoms with Crippen molar-refractivity contribution in [3.8, 4) is 0 Å². The van der Waals surface area contributed by atoms with Gasteiger partial charge in [-0.2, -0.15) is 0 Å². The topological polar surface area (TPSA) is 32.3 Å². The number of hydrogen-bond donors (Lipinski definition) is 2. The molecule has 88 valence electrons. The fourth-order valence-electron chi connectivity index (χ4n) is 2.53. The summed E-state index contributed by atoms with van der Waals surface area (Å²) in [6.07, 6.45) is 2.95. The van der Waals surface area contributed by atoms with Crippen LogP contribution in [0.5, 0.6) is 0 Å². The summed E-state index contributed by atoms with van der Waals surface area (Å²) in [7, 11) is 0. The van der Waals surface area contributed by atoms with E-state index in [1.807, 2.05) is 6.07 Å². The van der Waals surface area contributed by atoms with Gasteiger partial charge in [0.2, 0.25) is 0 Å². The van der Waals surface area contributed by atoms with E-state index in [1.54, 1.807) is 0 Å². The summed E-state index contributed by atoms with van der Waals surface area (Å²) in [4.78, 5) is 0. The monoisotopic (exact) mass is 219 g/mol. The Balaban J connectivity index is 2.23. The number of nitrogens with one attached hydrogen (secondary N) is 1. The van der Waals surface area contributed by atoms with E-state index in [4.69, 9.17) is 0 Å². The molecule has 2 atom stereocenters. The minimum Gasteiger partial charge on any atom is -0.388 e. The molecular weight excluding hydrogens is 198 g/mol. The van der Waals surface area contributed by atoms with E-state index in [0.717, 1.165) is 31.4 Å². The van der Waals surface area contributed by atoms with Crippen molar-refractivity contribution < 1.29 is 5.11 Å². The Bertz CT molecular complexity index is 362. The van der Waals surface area contributed by atoms with Crippen LogP contribution >= 0.6 is 0 Å². The van der Waals surface area contributed by atoms with Crippen LogP contribution in [0.1, 0.15) is 43.9 Å². The number of benzene rings is 1. The van der Waals surface area contributed by atoms with Crippen LogP contribution in [-0.2, 0) is 6.42 Å². The molecule has 1 aromatic carbocycles. The Kier molecular flexibility index (Phi) is 3.49. The Labute approximate surface area is 97.7 Å². The molecule has 2 unspecified atom stereocenters. The zero-order chi connectivity index (χ0) is 11.5. The quantitative estimate of drug-likeness (QED) is 0.815. The van der Waals surface area contributed by atoms with Crippen molar-refractivity contribution in [1.82, 2.24) is 0 Å². The zero-order valence-corrected chi connectivity index (χ0v) is 10.2. The second kappa shape index (κ2) is 4.88. The number of rotatable bonds is 4. The van der Waals surface area contributed by atoms with Crippen molar-refractivity contribution in [3.63, 3.8) is 0 Å². The first-order valence-corrected chi connectivity index (χ1v) is 6.27. The molecule has 0 fully saturated rings. The predicted molar refractivity (Wildman–Crippen MR) is 67.7 cm³/mol. The van der Waals surface area contributed by atoms with E-state index in [9.17, 15) is 5.11 Å². The Morgan fingerprint density at radius 1 is 1.44 bits per heavy atom. The number of para-hydroxylation sites is 1. The van der Waals surface area contributed by atoms with Crippen LogP contribution in [0.4, 0.5) is 5.69 Å². The average Bonchev–Trinajstić information content (AvgIpc) is 2.76. The van der Waals surface area contributed by atoms with Crippen LogP contribution < -0.4 is 5.32 Å². The molecular formula is C14H21NO. The summed E-state index contributed by atoms with van der Waals surface area (Å²) in [5.74, 6) is 0.332. The van der Waals surface area contributed by atoms with Gasteiger partial charge in [0.15, 0.2) is 0 Å². The van der Waals surface area contributed by atoms with Gasteiger partial charge in [-0.1, -0.05) is 38.5 Å². The van der Waals surface area contributed by atoms with Crippen molar-refractivity contribution in [2.75, 3.05) is 11.9 Å². The molecule has 2 rings (SSSR count). The fraction of sp³-hybridized carbons (Fsp3) is 0.571. The third-order valence-electron chi connectivity index (χ3n) is 3.48. The van der Waals surface area contributed by atoms with E-state index < -0.39 is 0 Å². The maximum atomic E-state index is 10.3. The van der Waals surface area contributed by atoms with Gasteiger partial charge in [0.25, 0.3) is 0 Å². The molecule has 0 saturated carbocycles. The molecule has 0 spiro atoms. The minimum absolute atomic E-state index is 0.332. The van der Waals surface area contributed by atoms with Gasteiger partial charge in [-0.05, 0) is 24.3 Å². The van der Waals surface area contributed by atoms with Gasteiger partial charge in [0, 0.05) is 17.8 Å². The molecule has 2 heteroatoms. The van der Waals surface area contributed by atoms with E-state index in [1.165, 1.54) is 11.3 Å². The minimum atomic E-state index is -0.333. The largest absolute Gasteiger partial charge is 0.388 e. The number of hydrogen-bond acceptors (Lipinski definition) is 2. The van der Waals surface area contributed by atoms with Crippen LogP contribution in [0, 0.1) is 5.92 Å². The normalized spacial score (nSPS) is 17.7. The first kappa shape index (κ1) is 11.5. The standard InChI is InChI=1S/C14H21NO/c1-3-5-10(2)14(16)12-7-4-6-11-8-9-15-13(11)12/h4,6-7,10,14-16H,3,5,8-9H2,1-2H3. The first-order chi connectivity index (χ1) is 7.74. The molecule has 0 radical (unpaired) electrons. The van der Waals surface area contributed by atoms with Gasteiger partial charge in [-0.15, -0.1) is 0 Å². The van der Waals surface area contributed by atoms with Crippen LogP contribution in [0.3, 0.4) is 0 Å². The van der Waals surface area contributed by atoms with Gasteiger partial charge in [0.1, 0.15) is 0 Å². The summed E-state index contributed by atoms with van der Waals surface area (Å²) in [6, 6.07) is 6.26. The summed E-state index contributed by atoms with van der Waals surface area (Å²) < 4.78 is 0. The Morgan fingerprint density at radius 2 is 2.25 bits per heavy atom. The first-order valence-electron chi connectivity index (χ1n) is 6.27. The third-order valence-corrected chi connectivity index (χ3v) is 3.48. The molecule has 0 aromatic heterocycles. The summed E-state index contributed by atoms with van der Waals surface area (Å²) in [6.45, 7) is 5.29. The number of anilines is 1. The van der Waals surface area contributed by atoms with E-state index in [-0.39, 0.29) is 6.10 Å². The predicted octanol–water partition coefficient (Wildman–Crippen LogP) is 3.12. The number of aliphatic hydroxyl groups excluding tert-OH is 1. The molecule has 0 amide bonds. The lowest BCUT2D eigenvalue weighted by molar-refractivity contribution is 0.113. The second-order valence-corrected chi connectivity index (χ2v) is 4.77. The lowest BCUT2D eigenvalue weighted by atomic mass is 9.91. The number of aliphatic hydroxyl groups is 1. The van der Waals surface area contributed by atoms with Crippen LogP contribution in [-0.4, -0.2) is 11.7 Å². The van der Waals surface area contributed by atoms with Crippen molar-refractivity contribution in [3.05, 3.63) is 29.3 Å². The fourth-order valence-corrected chi connectivity index (χ4v) is 2.53. The maximum absolute atomic E-state index is 10.3. The van der Waals surface area contributed by atoms with Gasteiger partial charge in [0.05, 0.1) is 6.10 Å². The number of fused-ring (bicyclic) bond motifs is 1. The molecule has 0 saturated heterocycles. The molecule has 2 nitrogen and oxygen atoms in total. The van der Waals surface area contributed by atoms with Crippen molar-refractivity contribution in [1.29, 1.82) is 0 Å². The van der Waals surface area contributed by atoms with E-state index in [2.05, 4.69) is 31.3 Å². The Hall–Kier alpha value is -1.02. The molecule has 1 aliphatic rings. The highest BCUT2D eigenvalue weighted by atomic mass is 16.3. The third kappa shape index (κ3) is 2.07. The molecule has 1 aromatic rings. The molecule has 1 heterocycles. The summed E-state index contributed by atoms with van der Waals surface area (Å²) in [5, 5.41) is 13.7. The van der Waals surface area contributed by atoms with Gasteiger partial charge >= 0.3 is 0 Å². The lowest BCUT2D eigenvalue weighted by Gasteiger charge is -2.21. The highest BCUT2D eigenvalue weighted by molar-refractivity contribution is 5.61. The van der Waals surface area contributed by atoms with E-state index in [0.29, 0.717) is 5.92 Å². The van der Waals surface area contributed by atoms with Crippen molar-refractivity contribution >= 4 is 5.69 Å². The molecule has 0 aliphatic carbocycles. The van der Waals surface area contributed by atoms with Crippen LogP contribution in [0.15, 0.2) is 18.2 Å². The lowest BCUT2D eigenvalue weighted by Crippen LogP contribution is -2.11. The van der Waals surface area contributed by atoms with Gasteiger partial charge in [-0.3, -0.25) is 0 Å². The highest BCUT2D eigenvalue weighted by Crippen LogP contribution is 2.35. The smallest absolute Gasteiger partial charge is 0.0835 e. The van der Waals surface area contributed by atoms with Gasteiger partial charge in [-0.25, -0.2) is 0 Å². The SMILES string of the molecule is CCCC(C)C(O)c1cccc2c1NCC2. The second-order valence-electron chi connectivity index (χ2n) is 4.77. The molecule has 16 heavy (non-hydrogen) atoms. The molecule has 1 aliphatic heterocycles. The summed E-state index contributed by atoms with van der Waals surface area (Å²) in [5.41, 5.74) is 3.61. The molecule has 2 N–H and O–H groups in total.